The van der Waals surface area contributed by atoms with Crippen LogP contribution in [0.3, 0.4) is 0 Å². The van der Waals surface area contributed by atoms with E-state index in [-0.39, 0.29) is 28.2 Å². The summed E-state index contributed by atoms with van der Waals surface area (Å²) in [6.45, 7) is -0.192. The number of halogens is 6. The average Bonchev–Trinajstić information content (AvgIpc) is 2.40. The fraction of sp³-hybridized carbons (Fsp3) is 0.154. The molecule has 2 nitrogen and oxygen atoms in total. The van der Waals surface area contributed by atoms with Crippen LogP contribution in [-0.4, -0.2) is 4.98 Å². The van der Waals surface area contributed by atoms with Crippen LogP contribution in [-0.2, 0) is 12.8 Å². The summed E-state index contributed by atoms with van der Waals surface area (Å²) in [4.78, 5) is 3.89. The summed E-state index contributed by atoms with van der Waals surface area (Å²) >= 11 is 11.5. The van der Waals surface area contributed by atoms with Crippen LogP contribution in [0.25, 0.3) is 0 Å². The third-order valence-electron chi connectivity index (χ3n) is 2.50. The number of hydrogen-bond acceptors (Lipinski definition) is 2. The second-order valence-electron chi connectivity index (χ2n) is 3.99. The number of benzene rings is 1. The van der Waals surface area contributed by atoms with Gasteiger partial charge in [0.05, 0.1) is 16.3 Å². The third kappa shape index (κ3) is 3.98. The summed E-state index contributed by atoms with van der Waals surface area (Å²) in [5, 5.41) is 0.436. The van der Waals surface area contributed by atoms with Crippen molar-refractivity contribution in [3.05, 3.63) is 57.6 Å². The molecule has 2 rings (SSSR count). The molecule has 0 atom stereocenters. The van der Waals surface area contributed by atoms with E-state index in [1.807, 2.05) is 0 Å². The molecule has 0 aliphatic rings. The van der Waals surface area contributed by atoms with E-state index >= 15 is 0 Å². The van der Waals surface area contributed by atoms with Gasteiger partial charge in [-0.25, -0.2) is 9.37 Å². The zero-order valence-corrected chi connectivity index (χ0v) is 11.7. The lowest BCUT2D eigenvalue weighted by molar-refractivity contribution is -0.140. The molecular weight excluding hydrogens is 333 g/mol. The molecule has 1 heterocycles. The molecule has 0 amide bonds. The molecule has 0 fully saturated rings. The molecule has 8 heteroatoms. The van der Waals surface area contributed by atoms with Crippen molar-refractivity contribution in [2.45, 2.75) is 12.8 Å². The first-order valence-electron chi connectivity index (χ1n) is 5.58. The van der Waals surface area contributed by atoms with Crippen molar-refractivity contribution in [2.75, 3.05) is 0 Å². The molecule has 0 N–H and O–H groups in total. The molecule has 112 valence electrons. The summed E-state index contributed by atoms with van der Waals surface area (Å²) < 4.78 is 56.0. The van der Waals surface area contributed by atoms with E-state index in [9.17, 15) is 17.6 Å². The Morgan fingerprint density at radius 1 is 1.10 bits per heavy atom. The second-order valence-corrected chi connectivity index (χ2v) is 4.79. The van der Waals surface area contributed by atoms with Gasteiger partial charge in [0, 0.05) is 0 Å². The Kier molecular flexibility index (Phi) is 4.58. The van der Waals surface area contributed by atoms with Crippen LogP contribution in [0.1, 0.15) is 11.3 Å². The van der Waals surface area contributed by atoms with E-state index in [1.54, 1.807) is 0 Å². The van der Waals surface area contributed by atoms with E-state index in [2.05, 4.69) is 4.98 Å². The number of ether oxygens (including phenoxy) is 1. The minimum Gasteiger partial charge on any atom is -0.487 e. The van der Waals surface area contributed by atoms with Crippen LogP contribution in [0, 0.1) is 5.82 Å². The summed E-state index contributed by atoms with van der Waals surface area (Å²) in [7, 11) is 0. The quantitative estimate of drug-likeness (QED) is 0.571. The Hall–Kier alpha value is -1.53. The Labute approximate surface area is 127 Å². The van der Waals surface area contributed by atoms with Crippen molar-refractivity contribution in [1.29, 1.82) is 0 Å². The highest BCUT2D eigenvalue weighted by molar-refractivity contribution is 6.32. The highest BCUT2D eigenvalue weighted by atomic mass is 35.5. The topological polar surface area (TPSA) is 22.1 Å². The molecule has 0 aliphatic heterocycles. The Balaban J connectivity index is 2.19. The molecule has 0 bridgehead atoms. The predicted octanol–water partition coefficient (Wildman–Crippen LogP) is 5.13. The van der Waals surface area contributed by atoms with Crippen molar-refractivity contribution in [1.82, 2.24) is 4.98 Å². The molecule has 0 saturated heterocycles. The molecule has 0 unspecified atom stereocenters. The lowest BCUT2D eigenvalue weighted by Gasteiger charge is -2.11. The lowest BCUT2D eigenvalue weighted by Crippen LogP contribution is -2.08. The van der Waals surface area contributed by atoms with Gasteiger partial charge in [0.25, 0.3) is 0 Å². The van der Waals surface area contributed by atoms with E-state index in [0.717, 1.165) is 6.07 Å². The number of alkyl halides is 3. The van der Waals surface area contributed by atoms with E-state index < -0.39 is 17.6 Å². The van der Waals surface area contributed by atoms with Gasteiger partial charge in [-0.2, -0.15) is 13.2 Å². The second kappa shape index (κ2) is 6.07. The largest absolute Gasteiger partial charge is 0.487 e. The van der Waals surface area contributed by atoms with Crippen molar-refractivity contribution in [2.24, 2.45) is 0 Å². The van der Waals surface area contributed by atoms with Gasteiger partial charge < -0.3 is 4.74 Å². The lowest BCUT2D eigenvalue weighted by atomic mass is 10.2. The maximum atomic E-state index is 13.1. The van der Waals surface area contributed by atoms with Crippen molar-refractivity contribution in [3.63, 3.8) is 0 Å². The highest BCUT2D eigenvalue weighted by Crippen LogP contribution is 2.33. The van der Waals surface area contributed by atoms with Crippen molar-refractivity contribution >= 4 is 23.2 Å². The number of pyridine rings is 1. The van der Waals surface area contributed by atoms with E-state index in [4.69, 9.17) is 27.9 Å². The summed E-state index contributed by atoms with van der Waals surface area (Å²) in [6, 6.07) is 5.30. The van der Waals surface area contributed by atoms with Gasteiger partial charge in [-0.3, -0.25) is 0 Å². The SMILES string of the molecule is Fc1ccc(OCc2nc(Cl)ccc2Cl)cc1C(F)(F)F. The molecule has 2 aromatic rings. The Morgan fingerprint density at radius 3 is 2.48 bits per heavy atom. The minimum atomic E-state index is -4.80. The van der Waals surface area contributed by atoms with Crippen LogP contribution in [0.15, 0.2) is 30.3 Å². The van der Waals surface area contributed by atoms with Crippen LogP contribution in [0.2, 0.25) is 10.2 Å². The van der Waals surface area contributed by atoms with Crippen LogP contribution in [0.5, 0.6) is 5.75 Å². The number of hydrogen-bond donors (Lipinski definition) is 0. The molecular formula is C13H7Cl2F4NO. The molecule has 1 aromatic carbocycles. The minimum absolute atomic E-state index is 0.151. The maximum Gasteiger partial charge on any atom is 0.419 e. The van der Waals surface area contributed by atoms with Gasteiger partial charge in [-0.1, -0.05) is 23.2 Å². The zero-order chi connectivity index (χ0) is 15.6. The zero-order valence-electron chi connectivity index (χ0n) is 10.2. The van der Waals surface area contributed by atoms with E-state index in [0.29, 0.717) is 12.1 Å². The first-order chi connectivity index (χ1) is 9.77. The number of rotatable bonds is 3. The molecule has 1 aromatic heterocycles. The average molecular weight is 340 g/mol. The van der Waals surface area contributed by atoms with Gasteiger partial charge in [0.2, 0.25) is 0 Å². The summed E-state index contributed by atoms with van der Waals surface area (Å²) in [5.41, 5.74) is -1.13. The van der Waals surface area contributed by atoms with Gasteiger partial charge in [0.15, 0.2) is 0 Å². The highest BCUT2D eigenvalue weighted by Gasteiger charge is 2.34. The summed E-state index contributed by atoms with van der Waals surface area (Å²) in [5.74, 6) is -1.52. The smallest absolute Gasteiger partial charge is 0.419 e. The van der Waals surface area contributed by atoms with Crippen molar-refractivity contribution in [3.8, 4) is 5.75 Å². The van der Waals surface area contributed by atoms with Gasteiger partial charge in [-0.05, 0) is 30.3 Å². The first-order valence-corrected chi connectivity index (χ1v) is 6.33. The molecule has 0 radical (unpaired) electrons. The van der Waals surface area contributed by atoms with Gasteiger partial charge >= 0.3 is 6.18 Å². The Morgan fingerprint density at radius 2 is 1.81 bits per heavy atom. The van der Waals surface area contributed by atoms with E-state index in [1.165, 1.54) is 12.1 Å². The first kappa shape index (κ1) is 15.9. The molecule has 0 saturated carbocycles. The van der Waals surface area contributed by atoms with Crippen LogP contribution in [0.4, 0.5) is 17.6 Å². The molecule has 0 spiro atoms. The standard InChI is InChI=1S/C13H7Cl2F4NO/c14-9-2-4-12(15)20-11(9)6-21-7-1-3-10(16)8(5-7)13(17,18)19/h1-5H,6H2. The van der Waals surface area contributed by atoms with Crippen LogP contribution >= 0.6 is 23.2 Å². The maximum absolute atomic E-state index is 13.1. The molecule has 21 heavy (non-hydrogen) atoms. The van der Waals surface area contributed by atoms with Gasteiger partial charge in [0.1, 0.15) is 23.3 Å². The van der Waals surface area contributed by atoms with Gasteiger partial charge in [-0.15, -0.1) is 0 Å². The number of aromatic nitrogens is 1. The summed E-state index contributed by atoms with van der Waals surface area (Å²) in [6.07, 6.45) is -4.80. The monoisotopic (exact) mass is 339 g/mol. The predicted molar refractivity (Wildman–Crippen MR) is 70.0 cm³/mol. The number of nitrogens with zero attached hydrogens (tertiary/aromatic N) is 1. The molecule has 0 aliphatic carbocycles. The normalized spacial score (nSPS) is 11.5. The van der Waals surface area contributed by atoms with Crippen LogP contribution < -0.4 is 4.74 Å². The fourth-order valence-electron chi connectivity index (χ4n) is 1.52. The van der Waals surface area contributed by atoms with Crippen molar-refractivity contribution < 1.29 is 22.3 Å². The fourth-order valence-corrected chi connectivity index (χ4v) is 1.85. The third-order valence-corrected chi connectivity index (χ3v) is 3.06. The Bertz CT molecular complexity index is 661.